The second kappa shape index (κ2) is 2.75. The third-order valence-corrected chi connectivity index (χ3v) is 1.36. The number of aromatic nitrogens is 1. The number of pyridine rings is 1. The Morgan fingerprint density at radius 2 is 1.77 bits per heavy atom. The lowest BCUT2D eigenvalue weighted by molar-refractivity contribution is -0.139. The number of rotatable bonds is 0. The second-order valence-electron chi connectivity index (χ2n) is 2.29. The van der Waals surface area contributed by atoms with Gasteiger partial charge in [0.1, 0.15) is 5.56 Å². The molecule has 1 aromatic rings. The van der Waals surface area contributed by atoms with Gasteiger partial charge in [-0.05, 0) is 0 Å². The Balaban J connectivity index is 3.43. The predicted octanol–water partition coefficient (Wildman–Crippen LogP) is 1.40. The van der Waals surface area contributed by atoms with Gasteiger partial charge in [0, 0.05) is 0 Å². The van der Waals surface area contributed by atoms with Crippen LogP contribution in [0.4, 0.5) is 29.1 Å². The third kappa shape index (κ3) is 1.63. The maximum Gasteiger partial charge on any atom is 0.421 e. The molecular weight excluding hydrogens is 190 g/mol. The minimum atomic E-state index is -4.86. The summed E-state index contributed by atoms with van der Waals surface area (Å²) < 4.78 is 49.0. The average Bonchev–Trinajstić information content (AvgIpc) is 1.95. The van der Waals surface area contributed by atoms with Crippen LogP contribution in [0, 0.1) is 5.82 Å². The van der Waals surface area contributed by atoms with Crippen molar-refractivity contribution in [3.8, 4) is 0 Å². The molecule has 1 aromatic heterocycles. The number of anilines is 2. The van der Waals surface area contributed by atoms with Crippen LogP contribution in [-0.2, 0) is 6.18 Å². The second-order valence-corrected chi connectivity index (χ2v) is 2.29. The summed E-state index contributed by atoms with van der Waals surface area (Å²) in [5.41, 5.74) is 7.39. The number of alkyl halides is 3. The van der Waals surface area contributed by atoms with Gasteiger partial charge in [-0.25, -0.2) is 9.37 Å². The zero-order valence-corrected chi connectivity index (χ0v) is 6.19. The number of nitrogens with two attached hydrogens (primary N) is 2. The fourth-order valence-corrected chi connectivity index (χ4v) is 0.803. The normalized spacial score (nSPS) is 11.7. The summed E-state index contributed by atoms with van der Waals surface area (Å²) in [5, 5.41) is 0. The molecule has 3 nitrogen and oxygen atoms in total. The monoisotopic (exact) mass is 195 g/mol. The molecule has 0 fully saturated rings. The highest BCUT2D eigenvalue weighted by Gasteiger charge is 2.37. The van der Waals surface area contributed by atoms with Crippen LogP contribution in [0.1, 0.15) is 5.56 Å². The zero-order chi connectivity index (χ0) is 10.2. The maximum absolute atomic E-state index is 12.8. The van der Waals surface area contributed by atoms with Crippen molar-refractivity contribution in [1.29, 1.82) is 0 Å². The van der Waals surface area contributed by atoms with E-state index in [-0.39, 0.29) is 0 Å². The first-order chi connectivity index (χ1) is 5.84. The molecule has 0 bridgehead atoms. The number of hydrogen-bond acceptors (Lipinski definition) is 3. The number of nitrogen functional groups attached to an aromatic ring is 2. The molecule has 0 aliphatic heterocycles. The molecule has 0 atom stereocenters. The number of nitrogens with zero attached hydrogens (tertiary/aromatic N) is 1. The molecule has 7 heteroatoms. The molecule has 1 heterocycles. The van der Waals surface area contributed by atoms with E-state index in [4.69, 9.17) is 11.5 Å². The summed E-state index contributed by atoms with van der Waals surface area (Å²) in [6.07, 6.45) is -4.19. The lowest BCUT2D eigenvalue weighted by Gasteiger charge is -2.10. The smallest absolute Gasteiger partial charge is 0.397 e. The maximum atomic E-state index is 12.8. The van der Waals surface area contributed by atoms with Gasteiger partial charge in [0.2, 0.25) is 0 Å². The van der Waals surface area contributed by atoms with Crippen molar-refractivity contribution in [2.45, 2.75) is 6.18 Å². The molecule has 13 heavy (non-hydrogen) atoms. The molecular formula is C6H5F4N3. The first-order valence-corrected chi connectivity index (χ1v) is 3.10. The largest absolute Gasteiger partial charge is 0.421 e. The first kappa shape index (κ1) is 9.56. The molecule has 0 aliphatic carbocycles. The van der Waals surface area contributed by atoms with Crippen molar-refractivity contribution in [2.24, 2.45) is 0 Å². The van der Waals surface area contributed by atoms with Crippen LogP contribution < -0.4 is 11.5 Å². The van der Waals surface area contributed by atoms with E-state index in [0.29, 0.717) is 6.20 Å². The fourth-order valence-electron chi connectivity index (χ4n) is 0.803. The van der Waals surface area contributed by atoms with E-state index >= 15 is 0 Å². The van der Waals surface area contributed by atoms with Gasteiger partial charge in [0.15, 0.2) is 11.6 Å². The van der Waals surface area contributed by atoms with E-state index in [1.807, 2.05) is 0 Å². The van der Waals surface area contributed by atoms with Gasteiger partial charge in [-0.3, -0.25) is 0 Å². The molecule has 0 amide bonds. The molecule has 0 aromatic carbocycles. The lowest BCUT2D eigenvalue weighted by atomic mass is 10.2. The van der Waals surface area contributed by atoms with E-state index in [1.54, 1.807) is 0 Å². The number of hydrogen-bond donors (Lipinski definition) is 2. The molecule has 1 rings (SSSR count). The molecule has 72 valence electrons. The van der Waals surface area contributed by atoms with Crippen molar-refractivity contribution < 1.29 is 17.6 Å². The van der Waals surface area contributed by atoms with Crippen LogP contribution in [0.25, 0.3) is 0 Å². The van der Waals surface area contributed by atoms with E-state index in [2.05, 4.69) is 4.98 Å². The highest BCUT2D eigenvalue weighted by Crippen LogP contribution is 2.36. The summed E-state index contributed by atoms with van der Waals surface area (Å²) in [6, 6.07) is 0. The Morgan fingerprint density at radius 3 is 2.15 bits per heavy atom. The van der Waals surface area contributed by atoms with Crippen molar-refractivity contribution >= 4 is 11.5 Å². The van der Waals surface area contributed by atoms with Crippen LogP contribution in [0.3, 0.4) is 0 Å². The Hall–Kier alpha value is -1.53. The van der Waals surface area contributed by atoms with Gasteiger partial charge in [-0.15, -0.1) is 0 Å². The van der Waals surface area contributed by atoms with Crippen molar-refractivity contribution in [3.05, 3.63) is 17.6 Å². The Labute approximate surface area is 70.4 Å². The van der Waals surface area contributed by atoms with E-state index in [9.17, 15) is 17.6 Å². The first-order valence-electron chi connectivity index (χ1n) is 3.10. The summed E-state index contributed by atoms with van der Waals surface area (Å²) in [5.74, 6) is -2.45. The van der Waals surface area contributed by atoms with Crippen LogP contribution in [-0.4, -0.2) is 4.98 Å². The van der Waals surface area contributed by atoms with Crippen molar-refractivity contribution in [1.82, 2.24) is 4.98 Å². The molecule has 0 saturated heterocycles. The lowest BCUT2D eigenvalue weighted by Crippen LogP contribution is -2.14. The minimum absolute atomic E-state index is 0.668. The standard InChI is InChI=1S/C6H5F4N3/c7-4-3(6(8,9)10)2(11)1-13-5(4)12/h1H,11H2,(H2,12,13). The van der Waals surface area contributed by atoms with Crippen molar-refractivity contribution in [2.75, 3.05) is 11.5 Å². The molecule has 0 unspecified atom stereocenters. The molecule has 4 N–H and O–H groups in total. The van der Waals surface area contributed by atoms with Crippen LogP contribution in [0.15, 0.2) is 6.20 Å². The molecule has 0 spiro atoms. The van der Waals surface area contributed by atoms with Gasteiger partial charge >= 0.3 is 6.18 Å². The highest BCUT2D eigenvalue weighted by molar-refractivity contribution is 5.52. The van der Waals surface area contributed by atoms with Gasteiger partial charge in [-0.2, -0.15) is 13.2 Å². The van der Waals surface area contributed by atoms with Crippen LogP contribution >= 0.6 is 0 Å². The predicted molar refractivity (Wildman–Crippen MR) is 38.0 cm³/mol. The summed E-state index contributed by atoms with van der Waals surface area (Å²) >= 11 is 0. The number of halogens is 4. The summed E-state index contributed by atoms with van der Waals surface area (Å²) in [6.45, 7) is 0. The Morgan fingerprint density at radius 1 is 1.23 bits per heavy atom. The molecule has 0 aliphatic rings. The van der Waals surface area contributed by atoms with Gasteiger partial charge in [-0.1, -0.05) is 0 Å². The third-order valence-electron chi connectivity index (χ3n) is 1.36. The zero-order valence-electron chi connectivity index (χ0n) is 6.19. The quantitative estimate of drug-likeness (QED) is 0.615. The average molecular weight is 195 g/mol. The SMILES string of the molecule is Nc1cnc(N)c(F)c1C(F)(F)F. The van der Waals surface area contributed by atoms with E-state index < -0.39 is 29.1 Å². The van der Waals surface area contributed by atoms with Crippen molar-refractivity contribution in [3.63, 3.8) is 0 Å². The molecule has 0 saturated carbocycles. The summed E-state index contributed by atoms with van der Waals surface area (Å²) in [7, 11) is 0. The summed E-state index contributed by atoms with van der Waals surface area (Å²) in [4.78, 5) is 3.13. The van der Waals surface area contributed by atoms with Crippen LogP contribution in [0.2, 0.25) is 0 Å². The Kier molecular flexibility index (Phi) is 2.02. The van der Waals surface area contributed by atoms with E-state index in [1.165, 1.54) is 0 Å². The van der Waals surface area contributed by atoms with Crippen LogP contribution in [0.5, 0.6) is 0 Å². The topological polar surface area (TPSA) is 64.9 Å². The van der Waals surface area contributed by atoms with Gasteiger partial charge in [0.05, 0.1) is 11.9 Å². The van der Waals surface area contributed by atoms with E-state index in [0.717, 1.165) is 0 Å². The highest BCUT2D eigenvalue weighted by atomic mass is 19.4. The fraction of sp³-hybridized carbons (Fsp3) is 0.167. The minimum Gasteiger partial charge on any atom is -0.397 e. The Bertz CT molecular complexity index is 333. The van der Waals surface area contributed by atoms with Gasteiger partial charge < -0.3 is 11.5 Å². The van der Waals surface area contributed by atoms with Gasteiger partial charge in [0.25, 0.3) is 0 Å². The molecule has 0 radical (unpaired) electrons.